The number of nitrogens with one attached hydrogen (secondary N) is 1. The third-order valence-electron chi connectivity index (χ3n) is 1.79. The van der Waals surface area contributed by atoms with Gasteiger partial charge in [0.15, 0.2) is 0 Å². The fourth-order valence-electron chi connectivity index (χ4n) is 1.09. The molecule has 0 atom stereocenters. The zero-order chi connectivity index (χ0) is 11.3. The van der Waals surface area contributed by atoms with Gasteiger partial charge in [0, 0.05) is 6.54 Å². The maximum Gasteiger partial charge on any atom is 0.255 e. The fraction of sp³-hybridized carbons (Fsp3) is 0.625. The summed E-state index contributed by atoms with van der Waals surface area (Å²) in [5, 5.41) is 10.8. The van der Waals surface area contributed by atoms with Crippen LogP contribution in [0.15, 0.2) is 0 Å². The topological polar surface area (TPSA) is 95.9 Å². The Labute approximate surface area is 86.0 Å². The molecule has 7 nitrogen and oxygen atoms in total. The second-order valence-corrected chi connectivity index (χ2v) is 2.94. The first kappa shape index (κ1) is 11.6. The molecule has 0 unspecified atom stereocenters. The summed E-state index contributed by atoms with van der Waals surface area (Å²) in [6, 6.07) is 0. The number of aliphatic hydroxyl groups excluding tert-OH is 1. The maximum atomic E-state index is 11.2. The largest absolute Gasteiger partial charge is 0.395 e. The van der Waals surface area contributed by atoms with Crippen LogP contribution in [0.4, 0.5) is 0 Å². The molecule has 1 heterocycles. The van der Waals surface area contributed by atoms with E-state index < -0.39 is 17.7 Å². The van der Waals surface area contributed by atoms with Crippen LogP contribution in [0, 0.1) is 0 Å². The van der Waals surface area contributed by atoms with E-state index in [1.807, 2.05) is 0 Å². The number of carbonyl (C=O) groups excluding carboxylic acids is 3. The number of hydrogen-bond acceptors (Lipinski definition) is 5. The molecule has 3 amide bonds. The molecule has 15 heavy (non-hydrogen) atoms. The van der Waals surface area contributed by atoms with Gasteiger partial charge in [0.1, 0.15) is 19.8 Å². The van der Waals surface area contributed by atoms with Crippen molar-refractivity contribution < 1.29 is 24.2 Å². The van der Waals surface area contributed by atoms with E-state index in [1.54, 1.807) is 0 Å². The standard InChI is InChI=1S/C8H12N2O5/c11-2-1-9-6(12)3-10-7(13)4-15-5-8(10)14/h11H,1-5H2,(H,9,12). The lowest BCUT2D eigenvalue weighted by molar-refractivity contribution is -0.160. The van der Waals surface area contributed by atoms with Crippen LogP contribution in [-0.4, -0.2) is 60.6 Å². The minimum Gasteiger partial charge on any atom is -0.395 e. The average molecular weight is 216 g/mol. The van der Waals surface area contributed by atoms with Crippen molar-refractivity contribution >= 4 is 17.7 Å². The van der Waals surface area contributed by atoms with Crippen molar-refractivity contribution in [3.63, 3.8) is 0 Å². The lowest BCUT2D eigenvalue weighted by atomic mass is 10.3. The van der Waals surface area contributed by atoms with Gasteiger partial charge in [-0.25, -0.2) is 0 Å². The summed E-state index contributed by atoms with van der Waals surface area (Å²) < 4.78 is 4.67. The highest BCUT2D eigenvalue weighted by molar-refractivity contribution is 6.01. The predicted octanol–water partition coefficient (Wildman–Crippen LogP) is -2.52. The molecular formula is C8H12N2O5. The summed E-state index contributed by atoms with van der Waals surface area (Å²) in [5.41, 5.74) is 0. The molecule has 0 spiro atoms. The van der Waals surface area contributed by atoms with E-state index in [-0.39, 0.29) is 32.9 Å². The van der Waals surface area contributed by atoms with Crippen molar-refractivity contribution in [2.24, 2.45) is 0 Å². The highest BCUT2D eigenvalue weighted by Gasteiger charge is 2.28. The molecule has 1 fully saturated rings. The average Bonchev–Trinajstić information content (AvgIpc) is 2.21. The second-order valence-electron chi connectivity index (χ2n) is 2.94. The van der Waals surface area contributed by atoms with E-state index in [0.717, 1.165) is 4.90 Å². The Morgan fingerprint density at radius 3 is 2.53 bits per heavy atom. The Morgan fingerprint density at radius 2 is 2.00 bits per heavy atom. The summed E-state index contributed by atoms with van der Waals surface area (Å²) in [4.78, 5) is 34.3. The molecule has 0 aromatic carbocycles. The number of morpholine rings is 1. The molecule has 1 aliphatic heterocycles. The highest BCUT2D eigenvalue weighted by Crippen LogP contribution is 1.99. The Balaban J connectivity index is 2.44. The molecule has 7 heteroatoms. The molecular weight excluding hydrogens is 204 g/mol. The molecule has 0 saturated carbocycles. The summed E-state index contributed by atoms with van der Waals surface area (Å²) in [7, 11) is 0. The molecule has 0 bridgehead atoms. The van der Waals surface area contributed by atoms with Crippen molar-refractivity contribution in [2.45, 2.75) is 0 Å². The van der Waals surface area contributed by atoms with E-state index in [9.17, 15) is 14.4 Å². The van der Waals surface area contributed by atoms with Gasteiger partial charge in [-0.3, -0.25) is 19.3 Å². The van der Waals surface area contributed by atoms with E-state index >= 15 is 0 Å². The quantitative estimate of drug-likeness (QED) is 0.506. The van der Waals surface area contributed by atoms with E-state index in [4.69, 9.17) is 5.11 Å². The van der Waals surface area contributed by atoms with Gasteiger partial charge >= 0.3 is 0 Å². The monoisotopic (exact) mass is 216 g/mol. The summed E-state index contributed by atoms with van der Waals surface area (Å²) >= 11 is 0. The van der Waals surface area contributed by atoms with Crippen molar-refractivity contribution in [3.05, 3.63) is 0 Å². The summed E-state index contributed by atoms with van der Waals surface area (Å²) in [6.07, 6.45) is 0. The van der Waals surface area contributed by atoms with Crippen LogP contribution in [0.5, 0.6) is 0 Å². The van der Waals surface area contributed by atoms with Crippen LogP contribution in [-0.2, 0) is 19.1 Å². The van der Waals surface area contributed by atoms with Gasteiger partial charge in [-0.15, -0.1) is 0 Å². The molecule has 0 aliphatic carbocycles. The molecule has 84 valence electrons. The first-order valence-electron chi connectivity index (χ1n) is 4.43. The molecule has 0 aromatic heterocycles. The van der Waals surface area contributed by atoms with Crippen molar-refractivity contribution in [2.75, 3.05) is 32.9 Å². The lowest BCUT2D eigenvalue weighted by Crippen LogP contribution is -2.50. The van der Waals surface area contributed by atoms with Crippen LogP contribution in [0.25, 0.3) is 0 Å². The van der Waals surface area contributed by atoms with Gasteiger partial charge in [0.25, 0.3) is 11.8 Å². The maximum absolute atomic E-state index is 11.2. The minimum atomic E-state index is -0.523. The van der Waals surface area contributed by atoms with Gasteiger partial charge in [0.2, 0.25) is 5.91 Å². The summed E-state index contributed by atoms with van der Waals surface area (Å²) in [5.74, 6) is -1.52. The van der Waals surface area contributed by atoms with Crippen molar-refractivity contribution in [1.29, 1.82) is 0 Å². The fourth-order valence-corrected chi connectivity index (χ4v) is 1.09. The number of nitrogens with zero attached hydrogens (tertiary/aromatic N) is 1. The highest BCUT2D eigenvalue weighted by atomic mass is 16.5. The second kappa shape index (κ2) is 5.42. The zero-order valence-electron chi connectivity index (χ0n) is 8.06. The molecule has 1 rings (SSSR count). The third-order valence-corrected chi connectivity index (χ3v) is 1.79. The third kappa shape index (κ3) is 3.30. The Bertz CT molecular complexity index is 262. The van der Waals surface area contributed by atoms with Crippen molar-refractivity contribution in [1.82, 2.24) is 10.2 Å². The van der Waals surface area contributed by atoms with Gasteiger partial charge < -0.3 is 15.2 Å². The van der Waals surface area contributed by atoms with Crippen molar-refractivity contribution in [3.8, 4) is 0 Å². The zero-order valence-corrected chi connectivity index (χ0v) is 8.06. The van der Waals surface area contributed by atoms with Crippen LogP contribution in [0.1, 0.15) is 0 Å². The van der Waals surface area contributed by atoms with Gasteiger partial charge in [0.05, 0.1) is 6.61 Å². The number of hydrogen-bond donors (Lipinski definition) is 2. The first-order valence-corrected chi connectivity index (χ1v) is 4.43. The Morgan fingerprint density at radius 1 is 1.40 bits per heavy atom. The smallest absolute Gasteiger partial charge is 0.255 e. The lowest BCUT2D eigenvalue weighted by Gasteiger charge is -2.24. The molecule has 0 aromatic rings. The van der Waals surface area contributed by atoms with Crippen LogP contribution < -0.4 is 5.32 Å². The van der Waals surface area contributed by atoms with Gasteiger partial charge in [-0.05, 0) is 0 Å². The molecule has 0 radical (unpaired) electrons. The Kier molecular flexibility index (Phi) is 4.19. The number of ether oxygens (including phenoxy) is 1. The SMILES string of the molecule is O=C(CN1C(=O)COCC1=O)NCCO. The van der Waals surface area contributed by atoms with Crippen LogP contribution >= 0.6 is 0 Å². The van der Waals surface area contributed by atoms with Gasteiger partial charge in [-0.1, -0.05) is 0 Å². The molecule has 2 N–H and O–H groups in total. The summed E-state index contributed by atoms with van der Waals surface area (Å²) in [6.45, 7) is -0.763. The minimum absolute atomic E-state index is 0.103. The number of amides is 3. The van der Waals surface area contributed by atoms with Crippen LogP contribution in [0.3, 0.4) is 0 Å². The number of aliphatic hydroxyl groups is 1. The number of imide groups is 1. The normalized spacial score (nSPS) is 16.7. The Hall–Kier alpha value is -1.47. The van der Waals surface area contributed by atoms with E-state index in [2.05, 4.69) is 10.1 Å². The number of rotatable bonds is 4. The molecule has 1 aliphatic rings. The first-order chi connectivity index (χ1) is 7.15. The van der Waals surface area contributed by atoms with Gasteiger partial charge in [-0.2, -0.15) is 0 Å². The molecule has 1 saturated heterocycles. The van der Waals surface area contributed by atoms with Crippen LogP contribution in [0.2, 0.25) is 0 Å². The van der Waals surface area contributed by atoms with E-state index in [1.165, 1.54) is 0 Å². The number of carbonyl (C=O) groups is 3. The van der Waals surface area contributed by atoms with E-state index in [0.29, 0.717) is 0 Å². The predicted molar refractivity (Wildman–Crippen MR) is 47.6 cm³/mol.